The second-order valence-corrected chi connectivity index (χ2v) is 4.06. The summed E-state index contributed by atoms with van der Waals surface area (Å²) >= 11 is 0. The van der Waals surface area contributed by atoms with Gasteiger partial charge in [-0.3, -0.25) is 9.69 Å². The Kier molecular flexibility index (Phi) is 4.90. The van der Waals surface area contributed by atoms with Crippen LogP contribution in [0.3, 0.4) is 0 Å². The van der Waals surface area contributed by atoms with Crippen molar-refractivity contribution in [2.75, 3.05) is 33.3 Å². The maximum Gasteiger partial charge on any atom is 0.234 e. The summed E-state index contributed by atoms with van der Waals surface area (Å²) in [5.74, 6) is 0.773. The molecule has 1 rings (SSSR count). The maximum absolute atomic E-state index is 11.3. The van der Waals surface area contributed by atoms with E-state index in [1.807, 2.05) is 11.9 Å². The molecular weight excluding hydrogens is 180 g/mol. The minimum atomic E-state index is 0.0628. The highest BCUT2D eigenvalue weighted by Gasteiger charge is 2.17. The molecule has 0 heterocycles. The monoisotopic (exact) mass is 200 g/mol. The van der Waals surface area contributed by atoms with Crippen molar-refractivity contribution in [2.45, 2.75) is 19.3 Å². The minimum absolute atomic E-state index is 0.0628. The molecule has 0 saturated heterocycles. The van der Waals surface area contributed by atoms with Crippen molar-refractivity contribution in [3.8, 4) is 0 Å². The molecule has 1 aliphatic carbocycles. The van der Waals surface area contributed by atoms with Crippen LogP contribution in [0.15, 0.2) is 0 Å². The molecule has 1 fully saturated rings. The van der Waals surface area contributed by atoms with Crippen molar-refractivity contribution in [2.24, 2.45) is 5.92 Å². The fraction of sp³-hybridized carbons (Fsp3) is 0.900. The summed E-state index contributed by atoms with van der Waals surface area (Å²) in [6.07, 6.45) is 3.82. The molecule has 1 saturated carbocycles. The Hall–Kier alpha value is -0.610. The van der Waals surface area contributed by atoms with Gasteiger partial charge in [0, 0.05) is 13.1 Å². The Bertz CT molecular complexity index is 181. The maximum atomic E-state index is 11.3. The second kappa shape index (κ2) is 5.98. The van der Waals surface area contributed by atoms with Crippen LogP contribution in [-0.4, -0.2) is 49.2 Å². The van der Waals surface area contributed by atoms with E-state index in [-0.39, 0.29) is 12.5 Å². The van der Waals surface area contributed by atoms with E-state index < -0.39 is 0 Å². The number of likely N-dealkylation sites (N-methyl/N-ethyl adjacent to an activating group) is 1. The Morgan fingerprint density at radius 1 is 1.57 bits per heavy atom. The zero-order chi connectivity index (χ0) is 10.4. The van der Waals surface area contributed by atoms with Gasteiger partial charge in [-0.1, -0.05) is 6.42 Å². The van der Waals surface area contributed by atoms with E-state index in [0.717, 1.165) is 6.54 Å². The summed E-state index contributed by atoms with van der Waals surface area (Å²) in [5.41, 5.74) is 0. The number of aliphatic hydroxyl groups excluding tert-OH is 1. The van der Waals surface area contributed by atoms with Crippen molar-refractivity contribution >= 4 is 5.91 Å². The van der Waals surface area contributed by atoms with Gasteiger partial charge in [-0.05, 0) is 25.8 Å². The molecule has 1 amide bonds. The molecule has 14 heavy (non-hydrogen) atoms. The van der Waals surface area contributed by atoms with Crippen LogP contribution < -0.4 is 5.32 Å². The normalized spacial score (nSPS) is 16.8. The standard InChI is InChI=1S/C10H20N2O2/c1-12(5-6-13)8-10(14)11-7-9-3-2-4-9/h9,13H,2-8H2,1H3,(H,11,14). The molecule has 4 heteroatoms. The fourth-order valence-corrected chi connectivity index (χ4v) is 1.51. The Morgan fingerprint density at radius 2 is 2.29 bits per heavy atom. The molecule has 0 aromatic carbocycles. The van der Waals surface area contributed by atoms with Gasteiger partial charge in [0.1, 0.15) is 0 Å². The first-order chi connectivity index (χ1) is 6.72. The molecular formula is C10H20N2O2. The Labute approximate surface area is 85.3 Å². The van der Waals surface area contributed by atoms with E-state index in [9.17, 15) is 4.79 Å². The van der Waals surface area contributed by atoms with E-state index in [1.54, 1.807) is 0 Å². The first-order valence-electron chi connectivity index (χ1n) is 5.28. The van der Waals surface area contributed by atoms with Crippen LogP contribution in [0.1, 0.15) is 19.3 Å². The summed E-state index contributed by atoms with van der Waals surface area (Å²) < 4.78 is 0. The molecule has 0 aromatic rings. The smallest absolute Gasteiger partial charge is 0.234 e. The second-order valence-electron chi connectivity index (χ2n) is 4.06. The number of hydrogen-bond acceptors (Lipinski definition) is 3. The molecule has 2 N–H and O–H groups in total. The van der Waals surface area contributed by atoms with E-state index in [4.69, 9.17) is 5.11 Å². The molecule has 0 unspecified atom stereocenters. The minimum Gasteiger partial charge on any atom is -0.395 e. The molecule has 4 nitrogen and oxygen atoms in total. The molecule has 0 aromatic heterocycles. The zero-order valence-electron chi connectivity index (χ0n) is 8.83. The highest BCUT2D eigenvalue weighted by molar-refractivity contribution is 5.77. The Balaban J connectivity index is 2.02. The van der Waals surface area contributed by atoms with Crippen molar-refractivity contribution < 1.29 is 9.90 Å². The summed E-state index contributed by atoms with van der Waals surface area (Å²) in [4.78, 5) is 13.2. The SMILES string of the molecule is CN(CCO)CC(=O)NCC1CCC1. The van der Waals surface area contributed by atoms with Gasteiger partial charge in [-0.25, -0.2) is 0 Å². The fourth-order valence-electron chi connectivity index (χ4n) is 1.51. The molecule has 0 aliphatic heterocycles. The van der Waals surface area contributed by atoms with Gasteiger partial charge in [0.15, 0.2) is 0 Å². The van der Waals surface area contributed by atoms with Gasteiger partial charge < -0.3 is 10.4 Å². The van der Waals surface area contributed by atoms with Gasteiger partial charge in [0.05, 0.1) is 13.2 Å². The third-order valence-corrected chi connectivity index (χ3v) is 2.71. The lowest BCUT2D eigenvalue weighted by Gasteiger charge is -2.25. The number of rotatable bonds is 6. The van der Waals surface area contributed by atoms with Crippen molar-refractivity contribution in [3.63, 3.8) is 0 Å². The number of amides is 1. The predicted molar refractivity (Wildman–Crippen MR) is 54.9 cm³/mol. The average molecular weight is 200 g/mol. The van der Waals surface area contributed by atoms with Gasteiger partial charge >= 0.3 is 0 Å². The first kappa shape index (κ1) is 11.5. The molecule has 0 bridgehead atoms. The lowest BCUT2D eigenvalue weighted by Crippen LogP contribution is -2.39. The van der Waals surface area contributed by atoms with Crippen LogP contribution in [0.2, 0.25) is 0 Å². The van der Waals surface area contributed by atoms with Crippen molar-refractivity contribution in [1.29, 1.82) is 0 Å². The molecule has 0 radical (unpaired) electrons. The highest BCUT2D eigenvalue weighted by atomic mass is 16.3. The topological polar surface area (TPSA) is 52.6 Å². The summed E-state index contributed by atoms with van der Waals surface area (Å²) in [5, 5.41) is 11.6. The quantitative estimate of drug-likeness (QED) is 0.626. The van der Waals surface area contributed by atoms with Gasteiger partial charge in [-0.15, -0.1) is 0 Å². The summed E-state index contributed by atoms with van der Waals surface area (Å²) in [7, 11) is 1.83. The van der Waals surface area contributed by atoms with E-state index in [1.165, 1.54) is 19.3 Å². The number of nitrogens with one attached hydrogen (secondary N) is 1. The number of nitrogens with zero attached hydrogens (tertiary/aromatic N) is 1. The van der Waals surface area contributed by atoms with Gasteiger partial charge in [0.25, 0.3) is 0 Å². The predicted octanol–water partition coefficient (Wildman–Crippen LogP) is -0.173. The van der Waals surface area contributed by atoms with Crippen LogP contribution in [0.5, 0.6) is 0 Å². The van der Waals surface area contributed by atoms with Gasteiger partial charge in [-0.2, -0.15) is 0 Å². The number of hydrogen-bond donors (Lipinski definition) is 2. The number of carbonyl (C=O) groups excluding carboxylic acids is 1. The van der Waals surface area contributed by atoms with Crippen LogP contribution >= 0.6 is 0 Å². The third kappa shape index (κ3) is 4.07. The van der Waals surface area contributed by atoms with E-state index >= 15 is 0 Å². The van der Waals surface area contributed by atoms with E-state index in [0.29, 0.717) is 19.0 Å². The summed E-state index contributed by atoms with van der Waals surface area (Å²) in [6.45, 7) is 1.86. The van der Waals surface area contributed by atoms with Crippen LogP contribution in [0.4, 0.5) is 0 Å². The lowest BCUT2D eigenvalue weighted by molar-refractivity contribution is -0.122. The molecule has 0 spiro atoms. The van der Waals surface area contributed by atoms with Crippen molar-refractivity contribution in [3.05, 3.63) is 0 Å². The van der Waals surface area contributed by atoms with Gasteiger partial charge in [0.2, 0.25) is 5.91 Å². The third-order valence-electron chi connectivity index (χ3n) is 2.71. The Morgan fingerprint density at radius 3 is 2.79 bits per heavy atom. The number of carbonyl (C=O) groups is 1. The van der Waals surface area contributed by atoms with Crippen molar-refractivity contribution in [1.82, 2.24) is 10.2 Å². The zero-order valence-corrected chi connectivity index (χ0v) is 8.83. The lowest BCUT2D eigenvalue weighted by atomic mass is 9.85. The number of aliphatic hydroxyl groups is 1. The largest absolute Gasteiger partial charge is 0.395 e. The first-order valence-corrected chi connectivity index (χ1v) is 5.28. The molecule has 82 valence electrons. The molecule has 1 aliphatic rings. The van der Waals surface area contributed by atoms with E-state index in [2.05, 4.69) is 5.32 Å². The van der Waals surface area contributed by atoms with Crippen LogP contribution in [0, 0.1) is 5.92 Å². The molecule has 0 atom stereocenters. The van der Waals surface area contributed by atoms with Crippen LogP contribution in [-0.2, 0) is 4.79 Å². The average Bonchev–Trinajstić information content (AvgIpc) is 2.01. The highest BCUT2D eigenvalue weighted by Crippen LogP contribution is 2.24. The van der Waals surface area contributed by atoms with Crippen LogP contribution in [0.25, 0.3) is 0 Å². The summed E-state index contributed by atoms with van der Waals surface area (Å²) in [6, 6.07) is 0.